The second-order valence-corrected chi connectivity index (χ2v) is 11.9. The summed E-state index contributed by atoms with van der Waals surface area (Å²) in [7, 11) is 3.97. The van der Waals surface area contributed by atoms with Crippen LogP contribution in [0.15, 0.2) is 64.4 Å². The van der Waals surface area contributed by atoms with Crippen LogP contribution in [0.3, 0.4) is 0 Å². The molecule has 1 unspecified atom stereocenters. The van der Waals surface area contributed by atoms with Crippen molar-refractivity contribution < 1.29 is 4.42 Å². The largest absolute Gasteiger partial charge is 0.423 e. The van der Waals surface area contributed by atoms with Crippen LogP contribution in [0.1, 0.15) is 18.4 Å². The van der Waals surface area contributed by atoms with Gasteiger partial charge >= 0.3 is 0 Å². The molecule has 0 radical (unpaired) electrons. The zero-order chi connectivity index (χ0) is 30.2. The molecule has 0 bridgehead atoms. The highest BCUT2D eigenvalue weighted by Gasteiger charge is 2.30. The molecule has 12 nitrogen and oxygen atoms in total. The van der Waals surface area contributed by atoms with Crippen molar-refractivity contribution in [3.05, 3.63) is 71.1 Å². The molecule has 6 heterocycles. The third-order valence-corrected chi connectivity index (χ3v) is 8.61. The highest BCUT2D eigenvalue weighted by molar-refractivity contribution is 5.82. The molecule has 0 amide bonds. The lowest BCUT2D eigenvalue weighted by atomic mass is 10.1. The quantitative estimate of drug-likeness (QED) is 0.283. The molecule has 44 heavy (non-hydrogen) atoms. The van der Waals surface area contributed by atoms with Crippen LogP contribution < -0.4 is 15.8 Å². The molecule has 1 N–H and O–H groups in total. The van der Waals surface area contributed by atoms with Gasteiger partial charge in [0.05, 0.1) is 16.8 Å². The Morgan fingerprint density at radius 3 is 2.70 bits per heavy atom. The third kappa shape index (κ3) is 5.53. The maximum absolute atomic E-state index is 14.0. The lowest BCUT2D eigenvalue weighted by molar-refractivity contribution is 0.231. The standard InChI is InChI=1S/C32H36N10O2/c1-21-15-23(30-38-35-20-44-30)18-33-28(21)27-16-22-17-34-32(37-29(22)42(31(27)43)14-11-39(2)3)36-24-6-8-25(9-7-24)41-13-12-40-10-4-5-26(40)19-41/h6-9,15-18,20,26H,4-5,10-14,19H2,1-3H3,(H,34,36,37). The number of aryl methyl sites for hydroxylation is 1. The number of aromatic nitrogens is 6. The van der Waals surface area contributed by atoms with E-state index in [9.17, 15) is 4.79 Å². The van der Waals surface area contributed by atoms with Crippen molar-refractivity contribution in [3.8, 4) is 22.7 Å². The van der Waals surface area contributed by atoms with E-state index in [0.29, 0.717) is 53.4 Å². The van der Waals surface area contributed by atoms with Gasteiger partial charge < -0.3 is 19.5 Å². The molecule has 12 heteroatoms. The predicted octanol–water partition coefficient (Wildman–Crippen LogP) is 3.80. The summed E-state index contributed by atoms with van der Waals surface area (Å²) in [6.07, 6.45) is 7.29. The first-order valence-electron chi connectivity index (χ1n) is 15.1. The highest BCUT2D eigenvalue weighted by Crippen LogP contribution is 2.28. The van der Waals surface area contributed by atoms with E-state index in [4.69, 9.17) is 9.40 Å². The van der Waals surface area contributed by atoms with E-state index in [1.165, 1.54) is 31.5 Å². The third-order valence-electron chi connectivity index (χ3n) is 8.61. The maximum atomic E-state index is 14.0. The molecule has 2 fully saturated rings. The topological polar surface area (TPSA) is 121 Å². The summed E-state index contributed by atoms with van der Waals surface area (Å²) >= 11 is 0. The molecule has 5 aromatic rings. The van der Waals surface area contributed by atoms with Crippen LogP contribution in [-0.2, 0) is 6.54 Å². The van der Waals surface area contributed by atoms with E-state index >= 15 is 0 Å². The van der Waals surface area contributed by atoms with Crippen molar-refractivity contribution in [1.29, 1.82) is 0 Å². The number of pyridine rings is 2. The number of likely N-dealkylation sites (N-methyl/N-ethyl adjacent to an activating group) is 1. The van der Waals surface area contributed by atoms with Gasteiger partial charge in [0, 0.05) is 67.9 Å². The van der Waals surface area contributed by atoms with E-state index in [-0.39, 0.29) is 5.56 Å². The SMILES string of the molecule is Cc1cc(-c2nnco2)cnc1-c1cc2cnc(Nc3ccc(N4CCN5CCCC5C4)cc3)nc2n(CCN(C)C)c1=O. The zero-order valence-electron chi connectivity index (χ0n) is 25.3. The molecule has 7 rings (SSSR count). The van der Waals surface area contributed by atoms with Crippen LogP contribution >= 0.6 is 0 Å². The molecule has 2 aliphatic rings. The van der Waals surface area contributed by atoms with Gasteiger partial charge in [0.1, 0.15) is 5.65 Å². The van der Waals surface area contributed by atoms with E-state index in [1.54, 1.807) is 17.0 Å². The number of nitrogens with zero attached hydrogens (tertiary/aromatic N) is 9. The number of benzene rings is 1. The van der Waals surface area contributed by atoms with Gasteiger partial charge in [-0.3, -0.25) is 19.2 Å². The molecule has 2 saturated heterocycles. The van der Waals surface area contributed by atoms with Gasteiger partial charge in [0.25, 0.3) is 5.56 Å². The van der Waals surface area contributed by atoms with Crippen LogP contribution in [-0.4, -0.2) is 92.4 Å². The average Bonchev–Trinajstić information content (AvgIpc) is 3.73. The normalized spacial score (nSPS) is 17.0. The van der Waals surface area contributed by atoms with Gasteiger partial charge in [-0.25, -0.2) is 4.98 Å². The van der Waals surface area contributed by atoms with Gasteiger partial charge in [-0.2, -0.15) is 4.98 Å². The first-order chi connectivity index (χ1) is 21.4. The van der Waals surface area contributed by atoms with E-state index in [1.807, 2.05) is 38.1 Å². The molecular weight excluding hydrogens is 556 g/mol. The van der Waals surface area contributed by atoms with Crippen molar-refractivity contribution in [2.75, 3.05) is 57.0 Å². The summed E-state index contributed by atoms with van der Waals surface area (Å²) in [4.78, 5) is 35.2. The number of hydrogen-bond acceptors (Lipinski definition) is 11. The van der Waals surface area contributed by atoms with Crippen molar-refractivity contribution in [2.45, 2.75) is 32.4 Å². The number of hydrogen-bond donors (Lipinski definition) is 1. The smallest absolute Gasteiger partial charge is 0.261 e. The molecule has 226 valence electrons. The number of rotatable bonds is 8. The second kappa shape index (κ2) is 11.8. The summed E-state index contributed by atoms with van der Waals surface area (Å²) in [6.45, 7) is 7.57. The Kier molecular flexibility index (Phi) is 7.52. The highest BCUT2D eigenvalue weighted by atomic mass is 16.4. The number of fused-ring (bicyclic) bond motifs is 2. The Labute approximate surface area is 255 Å². The zero-order valence-corrected chi connectivity index (χ0v) is 25.3. The average molecular weight is 593 g/mol. The molecule has 1 aromatic carbocycles. The molecule has 4 aromatic heterocycles. The molecule has 0 aliphatic carbocycles. The number of nitrogens with one attached hydrogen (secondary N) is 1. The van der Waals surface area contributed by atoms with Gasteiger partial charge in [-0.05, 0) is 82.4 Å². The minimum absolute atomic E-state index is 0.156. The van der Waals surface area contributed by atoms with Crippen molar-refractivity contribution in [2.24, 2.45) is 0 Å². The van der Waals surface area contributed by atoms with Crippen LogP contribution in [0.25, 0.3) is 33.7 Å². The molecule has 0 spiro atoms. The first kappa shape index (κ1) is 28.1. The second-order valence-electron chi connectivity index (χ2n) is 11.9. The fraction of sp³-hybridized carbons (Fsp3) is 0.375. The minimum Gasteiger partial charge on any atom is -0.423 e. The monoisotopic (exact) mass is 592 g/mol. The first-order valence-corrected chi connectivity index (χ1v) is 15.1. The van der Waals surface area contributed by atoms with Crippen LogP contribution in [0.5, 0.6) is 0 Å². The predicted molar refractivity (Wildman–Crippen MR) is 170 cm³/mol. The Morgan fingerprint density at radius 2 is 1.93 bits per heavy atom. The van der Waals surface area contributed by atoms with Gasteiger partial charge in [-0.1, -0.05) is 0 Å². The van der Waals surface area contributed by atoms with Gasteiger partial charge in [0.2, 0.25) is 18.2 Å². The van der Waals surface area contributed by atoms with Crippen molar-refractivity contribution in [3.63, 3.8) is 0 Å². The fourth-order valence-electron chi connectivity index (χ4n) is 6.28. The molecule has 2 aliphatic heterocycles. The lowest BCUT2D eigenvalue weighted by Gasteiger charge is -2.38. The Hall–Kier alpha value is -4.68. The summed E-state index contributed by atoms with van der Waals surface area (Å²) in [6, 6.07) is 12.9. The molecular formula is C32H36N10O2. The summed E-state index contributed by atoms with van der Waals surface area (Å²) in [5.41, 5.74) is 5.15. The Morgan fingerprint density at radius 1 is 1.07 bits per heavy atom. The van der Waals surface area contributed by atoms with Crippen LogP contribution in [0.2, 0.25) is 0 Å². The van der Waals surface area contributed by atoms with E-state index in [2.05, 4.69) is 59.5 Å². The van der Waals surface area contributed by atoms with Gasteiger partial charge in [-0.15, -0.1) is 10.2 Å². The summed E-state index contributed by atoms with van der Waals surface area (Å²) < 4.78 is 7.04. The Balaban J connectivity index is 1.18. The molecule has 0 saturated carbocycles. The Bertz CT molecular complexity index is 1840. The van der Waals surface area contributed by atoms with E-state index in [0.717, 1.165) is 36.3 Å². The number of anilines is 3. The maximum Gasteiger partial charge on any atom is 0.261 e. The van der Waals surface area contributed by atoms with Crippen molar-refractivity contribution >= 4 is 28.4 Å². The van der Waals surface area contributed by atoms with Crippen molar-refractivity contribution in [1.82, 2.24) is 39.5 Å². The number of piperazine rings is 1. The van der Waals surface area contributed by atoms with Crippen LogP contribution in [0, 0.1) is 6.92 Å². The minimum atomic E-state index is -0.156. The van der Waals surface area contributed by atoms with Crippen LogP contribution in [0.4, 0.5) is 17.3 Å². The summed E-state index contributed by atoms with van der Waals surface area (Å²) in [5.74, 6) is 0.817. The summed E-state index contributed by atoms with van der Waals surface area (Å²) in [5, 5.41) is 11.8. The van der Waals surface area contributed by atoms with E-state index < -0.39 is 0 Å². The lowest BCUT2D eigenvalue weighted by Crippen LogP contribution is -2.50. The van der Waals surface area contributed by atoms with Gasteiger partial charge in [0.15, 0.2) is 0 Å². The molecule has 1 atom stereocenters. The fourth-order valence-corrected chi connectivity index (χ4v) is 6.28.